The molecule has 3 aromatic heterocycles. The van der Waals surface area contributed by atoms with Gasteiger partial charge in [-0.1, -0.05) is 19.0 Å². The first kappa shape index (κ1) is 28.7. The molecule has 4 N–H and O–H groups in total. The largest absolute Gasteiger partial charge is 0.496 e. The molecule has 1 unspecified atom stereocenters. The van der Waals surface area contributed by atoms with Gasteiger partial charge in [0, 0.05) is 46.9 Å². The standard InChI is InChI=1S/C33H41N7O4/c1-16(2)30-24(12-26(37-30)33(41)36-20-7-9-40(10-8-20)21-14-43-15-21)31-29-22-13-27(42-6)23(28-17(3)39-44-18(28)4)11-25(22)38-32(29)35-19(5)34-31/h11-13,16,19-21,35,37-38H,7-10,14-15H2,1-6H3,(H,36,41). The van der Waals surface area contributed by atoms with Gasteiger partial charge in [0.25, 0.3) is 5.91 Å². The van der Waals surface area contributed by atoms with Gasteiger partial charge in [0.2, 0.25) is 0 Å². The molecule has 11 nitrogen and oxygen atoms in total. The smallest absolute Gasteiger partial charge is 0.267 e. The van der Waals surface area contributed by atoms with Crippen LogP contribution in [0, 0.1) is 13.8 Å². The quantitative estimate of drug-likeness (QED) is 0.232. The van der Waals surface area contributed by atoms with Gasteiger partial charge < -0.3 is 34.6 Å². The number of hydrogen-bond donors (Lipinski definition) is 4. The predicted octanol–water partition coefficient (Wildman–Crippen LogP) is 5.10. The Labute approximate surface area is 256 Å². The summed E-state index contributed by atoms with van der Waals surface area (Å²) in [5, 5.41) is 11.9. The van der Waals surface area contributed by atoms with E-state index >= 15 is 0 Å². The lowest BCUT2D eigenvalue weighted by Crippen LogP contribution is -2.54. The van der Waals surface area contributed by atoms with Gasteiger partial charge in [-0.3, -0.25) is 14.7 Å². The minimum atomic E-state index is -0.159. The Morgan fingerprint density at radius 1 is 1.09 bits per heavy atom. The number of aromatic amines is 2. The average molecular weight is 600 g/mol. The Balaban J connectivity index is 1.23. The number of carbonyl (C=O) groups is 1. The summed E-state index contributed by atoms with van der Waals surface area (Å²) in [5.74, 6) is 2.43. The number of amides is 1. The van der Waals surface area contributed by atoms with E-state index in [4.69, 9.17) is 19.0 Å². The molecule has 4 aromatic rings. The molecule has 11 heteroatoms. The third-order valence-electron chi connectivity index (χ3n) is 9.26. The Morgan fingerprint density at radius 3 is 2.50 bits per heavy atom. The number of nitrogens with one attached hydrogen (secondary N) is 4. The monoisotopic (exact) mass is 599 g/mol. The molecule has 6 heterocycles. The number of nitrogens with zero attached hydrogens (tertiary/aromatic N) is 3. The van der Waals surface area contributed by atoms with Crippen LogP contribution in [-0.4, -0.2) is 83.3 Å². The van der Waals surface area contributed by atoms with Gasteiger partial charge in [0.05, 0.1) is 48.9 Å². The molecule has 7 rings (SSSR count). The number of aliphatic imine (C=N–C) groups is 1. The maximum absolute atomic E-state index is 13.6. The average Bonchev–Trinajstić information content (AvgIpc) is 3.66. The zero-order valence-electron chi connectivity index (χ0n) is 26.3. The van der Waals surface area contributed by atoms with Crippen LogP contribution in [0.5, 0.6) is 5.75 Å². The summed E-state index contributed by atoms with van der Waals surface area (Å²) < 4.78 is 16.7. The van der Waals surface area contributed by atoms with Crippen LogP contribution < -0.4 is 15.4 Å². The van der Waals surface area contributed by atoms with E-state index in [1.807, 2.05) is 26.8 Å². The van der Waals surface area contributed by atoms with E-state index in [-0.39, 0.29) is 24.0 Å². The van der Waals surface area contributed by atoms with Crippen molar-refractivity contribution < 1.29 is 18.8 Å². The lowest BCUT2D eigenvalue weighted by atomic mass is 9.94. The van der Waals surface area contributed by atoms with Crippen molar-refractivity contribution in [1.29, 1.82) is 0 Å². The van der Waals surface area contributed by atoms with Crippen molar-refractivity contribution in [3.05, 3.63) is 52.2 Å². The molecule has 232 valence electrons. The normalized spacial score (nSPS) is 19.5. The van der Waals surface area contributed by atoms with Gasteiger partial charge in [0.15, 0.2) is 0 Å². The van der Waals surface area contributed by atoms with Gasteiger partial charge in [-0.05, 0) is 57.7 Å². The Morgan fingerprint density at radius 2 is 1.86 bits per heavy atom. The molecule has 0 radical (unpaired) electrons. The first-order valence-electron chi connectivity index (χ1n) is 15.6. The molecular weight excluding hydrogens is 558 g/mol. The van der Waals surface area contributed by atoms with Gasteiger partial charge in [0.1, 0.15) is 29.2 Å². The van der Waals surface area contributed by atoms with Crippen LogP contribution in [0.1, 0.15) is 78.3 Å². The third kappa shape index (κ3) is 4.88. The molecule has 1 amide bonds. The lowest BCUT2D eigenvalue weighted by molar-refractivity contribution is -0.0716. The van der Waals surface area contributed by atoms with E-state index in [9.17, 15) is 4.79 Å². The summed E-state index contributed by atoms with van der Waals surface area (Å²) in [7, 11) is 1.68. The summed E-state index contributed by atoms with van der Waals surface area (Å²) in [4.78, 5) is 28.2. The summed E-state index contributed by atoms with van der Waals surface area (Å²) in [6.07, 6.45) is 1.73. The number of methoxy groups -OCH3 is 1. The highest BCUT2D eigenvalue weighted by Gasteiger charge is 2.32. The second-order valence-corrected chi connectivity index (χ2v) is 12.6. The number of aryl methyl sites for hydroxylation is 2. The summed E-state index contributed by atoms with van der Waals surface area (Å²) >= 11 is 0. The van der Waals surface area contributed by atoms with Crippen molar-refractivity contribution in [3.8, 4) is 16.9 Å². The second-order valence-electron chi connectivity index (χ2n) is 12.6. The lowest BCUT2D eigenvalue weighted by Gasteiger charge is -2.41. The molecule has 0 aliphatic carbocycles. The van der Waals surface area contributed by atoms with Gasteiger partial charge >= 0.3 is 0 Å². The predicted molar refractivity (Wildman–Crippen MR) is 170 cm³/mol. The van der Waals surface area contributed by atoms with Gasteiger partial charge in [-0.25, -0.2) is 0 Å². The van der Waals surface area contributed by atoms with E-state index in [1.54, 1.807) is 7.11 Å². The maximum atomic E-state index is 13.6. The molecule has 1 atom stereocenters. The SMILES string of the molecule is COc1cc2c3c([nH]c2cc1-c1c(C)noc1C)NC(C)N=C3c1cc(C(=O)NC2CCN(C3COC3)CC2)[nH]c1C(C)C. The number of ether oxygens (including phenoxy) is 2. The van der Waals surface area contributed by atoms with E-state index in [0.29, 0.717) is 11.7 Å². The zero-order valence-corrected chi connectivity index (χ0v) is 26.3. The molecule has 0 spiro atoms. The number of rotatable bonds is 7. The molecule has 1 aromatic carbocycles. The fraction of sp³-hybridized carbons (Fsp3) is 0.485. The van der Waals surface area contributed by atoms with Gasteiger partial charge in [-0.15, -0.1) is 0 Å². The van der Waals surface area contributed by atoms with Crippen molar-refractivity contribution in [2.24, 2.45) is 4.99 Å². The van der Waals surface area contributed by atoms with Crippen LogP contribution >= 0.6 is 0 Å². The fourth-order valence-electron chi connectivity index (χ4n) is 6.86. The van der Waals surface area contributed by atoms with Crippen molar-refractivity contribution in [3.63, 3.8) is 0 Å². The minimum absolute atomic E-state index is 0.0731. The van der Waals surface area contributed by atoms with E-state index in [1.165, 1.54) is 0 Å². The molecular formula is C33H41N7O4. The van der Waals surface area contributed by atoms with Gasteiger partial charge in [-0.2, -0.15) is 0 Å². The van der Waals surface area contributed by atoms with Crippen LogP contribution in [0.4, 0.5) is 5.82 Å². The van der Waals surface area contributed by atoms with Crippen molar-refractivity contribution in [1.82, 2.24) is 25.3 Å². The van der Waals surface area contributed by atoms with Crippen molar-refractivity contribution in [2.45, 2.75) is 71.6 Å². The molecule has 3 aliphatic rings. The Hall–Kier alpha value is -4.09. The van der Waals surface area contributed by atoms with E-state index < -0.39 is 0 Å². The number of piperidine rings is 1. The van der Waals surface area contributed by atoms with E-state index in [0.717, 1.165) is 107 Å². The number of fused-ring (bicyclic) bond motifs is 3. The first-order valence-corrected chi connectivity index (χ1v) is 15.6. The highest BCUT2D eigenvalue weighted by Crippen LogP contribution is 2.42. The number of anilines is 1. The summed E-state index contributed by atoms with van der Waals surface area (Å²) in [6, 6.07) is 6.81. The first-order chi connectivity index (χ1) is 21.2. The number of hydrogen-bond acceptors (Lipinski definition) is 8. The van der Waals surface area contributed by atoms with Crippen LogP contribution in [-0.2, 0) is 4.74 Å². The van der Waals surface area contributed by atoms with E-state index in [2.05, 4.69) is 56.6 Å². The molecule has 0 bridgehead atoms. The van der Waals surface area contributed by atoms with Crippen molar-refractivity contribution in [2.75, 3.05) is 38.7 Å². The molecule has 2 fully saturated rings. The Bertz CT molecular complexity index is 1730. The highest BCUT2D eigenvalue weighted by molar-refractivity contribution is 6.25. The molecule has 44 heavy (non-hydrogen) atoms. The maximum Gasteiger partial charge on any atom is 0.267 e. The van der Waals surface area contributed by atoms with Crippen LogP contribution in [0.25, 0.3) is 22.0 Å². The summed E-state index contributed by atoms with van der Waals surface area (Å²) in [6.45, 7) is 13.8. The van der Waals surface area contributed by atoms with Crippen LogP contribution in [0.3, 0.4) is 0 Å². The molecule has 0 saturated carbocycles. The molecule has 2 saturated heterocycles. The fourth-order valence-corrected chi connectivity index (χ4v) is 6.86. The zero-order chi connectivity index (χ0) is 30.7. The number of aromatic nitrogens is 3. The topological polar surface area (TPSA) is 133 Å². The van der Waals surface area contributed by atoms with Crippen LogP contribution in [0.15, 0.2) is 27.7 Å². The highest BCUT2D eigenvalue weighted by atomic mass is 16.5. The molecule has 3 aliphatic heterocycles. The van der Waals surface area contributed by atoms with Crippen LogP contribution in [0.2, 0.25) is 0 Å². The minimum Gasteiger partial charge on any atom is -0.496 e. The Kier molecular flexibility index (Phi) is 7.25. The number of benzene rings is 1. The second kappa shape index (κ2) is 11.1. The number of likely N-dealkylation sites (tertiary alicyclic amines) is 1. The number of carbonyl (C=O) groups excluding carboxylic acids is 1. The third-order valence-corrected chi connectivity index (χ3v) is 9.26. The van der Waals surface area contributed by atoms with Crippen molar-refractivity contribution >= 4 is 28.3 Å². The summed E-state index contributed by atoms with van der Waals surface area (Å²) in [5.41, 5.74) is 7.89. The number of H-pyrrole nitrogens is 2.